The second-order valence-electron chi connectivity index (χ2n) is 5.30. The van der Waals surface area contributed by atoms with Crippen molar-refractivity contribution in [3.63, 3.8) is 0 Å². The first-order valence-electron chi connectivity index (χ1n) is 7.31. The molecule has 1 heterocycles. The molecule has 0 unspecified atom stereocenters. The van der Waals surface area contributed by atoms with Gasteiger partial charge in [-0.2, -0.15) is 0 Å². The van der Waals surface area contributed by atoms with Gasteiger partial charge in [-0.3, -0.25) is 4.79 Å². The van der Waals surface area contributed by atoms with Crippen molar-refractivity contribution in [3.8, 4) is 0 Å². The van der Waals surface area contributed by atoms with E-state index in [1.165, 1.54) is 50.6 Å². The number of amides is 1. The van der Waals surface area contributed by atoms with Crippen molar-refractivity contribution < 1.29 is 22.7 Å². The number of hydrogen-bond acceptors (Lipinski definition) is 6. The second kappa shape index (κ2) is 8.26. The fourth-order valence-electron chi connectivity index (χ4n) is 1.84. The van der Waals surface area contributed by atoms with Crippen LogP contribution in [0.2, 0.25) is 5.02 Å². The van der Waals surface area contributed by atoms with Gasteiger partial charge >= 0.3 is 5.97 Å². The van der Waals surface area contributed by atoms with Crippen molar-refractivity contribution in [3.05, 3.63) is 53.2 Å². The van der Waals surface area contributed by atoms with Crippen molar-refractivity contribution in [1.82, 2.24) is 9.29 Å². The van der Waals surface area contributed by atoms with Gasteiger partial charge in [0.15, 0.2) is 6.61 Å². The molecule has 0 atom stereocenters. The summed E-state index contributed by atoms with van der Waals surface area (Å²) in [4.78, 5) is 27.7. The minimum Gasteiger partial charge on any atom is -0.452 e. The molecule has 2 aromatic rings. The lowest BCUT2D eigenvalue weighted by Crippen LogP contribution is -2.23. The molecule has 10 heteroatoms. The number of carbonyl (C=O) groups is 2. The SMILES string of the molecule is CN(C)S(=O)(=O)c1cccc(C(=O)OCC(=O)Nc2ccc(Cl)cn2)c1. The molecule has 0 aliphatic rings. The number of benzene rings is 1. The highest BCUT2D eigenvalue weighted by molar-refractivity contribution is 7.89. The molecule has 1 aromatic carbocycles. The Bertz CT molecular complexity index is 914. The molecule has 1 amide bonds. The summed E-state index contributed by atoms with van der Waals surface area (Å²) in [5.41, 5.74) is 0.0188. The third-order valence-corrected chi connectivity index (χ3v) is 5.21. The lowest BCUT2D eigenvalue weighted by atomic mass is 10.2. The fourth-order valence-corrected chi connectivity index (χ4v) is 2.90. The molecule has 0 radical (unpaired) electrons. The van der Waals surface area contributed by atoms with E-state index in [0.29, 0.717) is 5.02 Å². The van der Waals surface area contributed by atoms with Gasteiger partial charge in [0, 0.05) is 20.3 Å². The van der Waals surface area contributed by atoms with Gasteiger partial charge < -0.3 is 10.1 Å². The summed E-state index contributed by atoms with van der Waals surface area (Å²) in [6.45, 7) is -0.548. The third kappa shape index (κ3) is 5.01. The number of aromatic nitrogens is 1. The van der Waals surface area contributed by atoms with Crippen LogP contribution >= 0.6 is 11.6 Å². The topological polar surface area (TPSA) is 106 Å². The first-order valence-corrected chi connectivity index (χ1v) is 9.13. The van der Waals surface area contributed by atoms with Crippen LogP contribution in [-0.4, -0.2) is 50.3 Å². The van der Waals surface area contributed by atoms with E-state index in [2.05, 4.69) is 10.3 Å². The number of nitrogens with one attached hydrogen (secondary N) is 1. The van der Waals surface area contributed by atoms with Crippen molar-refractivity contribution in [2.75, 3.05) is 26.0 Å². The second-order valence-corrected chi connectivity index (χ2v) is 7.89. The van der Waals surface area contributed by atoms with E-state index in [4.69, 9.17) is 16.3 Å². The molecule has 2 rings (SSSR count). The zero-order valence-corrected chi connectivity index (χ0v) is 15.5. The summed E-state index contributed by atoms with van der Waals surface area (Å²) in [7, 11) is -0.912. The average Bonchev–Trinajstić information content (AvgIpc) is 2.61. The number of nitrogens with zero attached hydrogens (tertiary/aromatic N) is 2. The Balaban J connectivity index is 1.99. The number of ether oxygens (including phenoxy) is 1. The van der Waals surface area contributed by atoms with Gasteiger partial charge in [0.05, 0.1) is 15.5 Å². The molecular weight excluding hydrogens is 382 g/mol. The molecule has 138 valence electrons. The van der Waals surface area contributed by atoms with E-state index >= 15 is 0 Å². The largest absolute Gasteiger partial charge is 0.452 e. The number of hydrogen-bond donors (Lipinski definition) is 1. The van der Waals surface area contributed by atoms with Crippen LogP contribution < -0.4 is 5.32 Å². The monoisotopic (exact) mass is 397 g/mol. The highest BCUT2D eigenvalue weighted by Gasteiger charge is 2.19. The van der Waals surface area contributed by atoms with Crippen LogP contribution in [0.5, 0.6) is 0 Å². The van der Waals surface area contributed by atoms with Gasteiger partial charge in [-0.1, -0.05) is 17.7 Å². The lowest BCUT2D eigenvalue weighted by molar-refractivity contribution is -0.119. The number of esters is 1. The number of halogens is 1. The summed E-state index contributed by atoms with van der Waals surface area (Å²) < 4.78 is 30.1. The number of pyridine rings is 1. The molecule has 0 saturated heterocycles. The summed E-state index contributed by atoms with van der Waals surface area (Å²) in [5, 5.41) is 2.86. The van der Waals surface area contributed by atoms with Crippen LogP contribution in [0.25, 0.3) is 0 Å². The first kappa shape index (κ1) is 19.8. The highest BCUT2D eigenvalue weighted by Crippen LogP contribution is 2.15. The van der Waals surface area contributed by atoms with Crippen molar-refractivity contribution in [1.29, 1.82) is 0 Å². The molecule has 0 fully saturated rings. The van der Waals surface area contributed by atoms with E-state index in [-0.39, 0.29) is 16.3 Å². The van der Waals surface area contributed by atoms with Crippen molar-refractivity contribution in [2.24, 2.45) is 0 Å². The molecule has 0 saturated carbocycles. The molecule has 0 aliphatic carbocycles. The van der Waals surface area contributed by atoms with Gasteiger partial charge in [-0.25, -0.2) is 22.5 Å². The molecule has 0 bridgehead atoms. The first-order chi connectivity index (χ1) is 12.2. The molecule has 1 aromatic heterocycles. The molecule has 26 heavy (non-hydrogen) atoms. The standard InChI is InChI=1S/C16H16ClN3O5S/c1-20(2)26(23,24)13-5-3-4-11(8-13)16(22)25-10-15(21)19-14-7-6-12(17)9-18-14/h3-9H,10H2,1-2H3,(H,18,19,21). The van der Waals surface area contributed by atoms with E-state index in [1.54, 1.807) is 6.07 Å². The zero-order chi connectivity index (χ0) is 19.3. The van der Waals surface area contributed by atoms with Crippen LogP contribution in [0.3, 0.4) is 0 Å². The van der Waals surface area contributed by atoms with Crippen LogP contribution in [-0.2, 0) is 19.6 Å². The maximum atomic E-state index is 12.1. The summed E-state index contributed by atoms with van der Waals surface area (Å²) in [5.74, 6) is -1.15. The predicted octanol–water partition coefficient (Wildman–Crippen LogP) is 1.78. The summed E-state index contributed by atoms with van der Waals surface area (Å²) in [6, 6.07) is 8.42. The Morgan fingerprint density at radius 3 is 2.58 bits per heavy atom. The van der Waals surface area contributed by atoms with Crippen LogP contribution in [0.1, 0.15) is 10.4 Å². The van der Waals surface area contributed by atoms with E-state index < -0.39 is 28.5 Å². The smallest absolute Gasteiger partial charge is 0.338 e. The Morgan fingerprint density at radius 1 is 1.23 bits per heavy atom. The molecule has 0 aliphatic heterocycles. The average molecular weight is 398 g/mol. The molecule has 0 spiro atoms. The number of anilines is 1. The fraction of sp³-hybridized carbons (Fsp3) is 0.188. The van der Waals surface area contributed by atoms with Crippen molar-refractivity contribution in [2.45, 2.75) is 4.90 Å². The van der Waals surface area contributed by atoms with Crippen LogP contribution in [0.4, 0.5) is 5.82 Å². The minimum atomic E-state index is -3.68. The highest BCUT2D eigenvalue weighted by atomic mass is 35.5. The lowest BCUT2D eigenvalue weighted by Gasteiger charge is -2.12. The van der Waals surface area contributed by atoms with Gasteiger partial charge in [0.25, 0.3) is 5.91 Å². The Hall–Kier alpha value is -2.49. The van der Waals surface area contributed by atoms with Gasteiger partial charge in [-0.15, -0.1) is 0 Å². The van der Waals surface area contributed by atoms with Gasteiger partial charge in [0.1, 0.15) is 5.82 Å². The summed E-state index contributed by atoms with van der Waals surface area (Å²) in [6.07, 6.45) is 1.36. The van der Waals surface area contributed by atoms with E-state index in [1.807, 2.05) is 0 Å². The molecule has 1 N–H and O–H groups in total. The van der Waals surface area contributed by atoms with Crippen molar-refractivity contribution >= 4 is 39.3 Å². The summed E-state index contributed by atoms with van der Waals surface area (Å²) >= 11 is 5.69. The van der Waals surface area contributed by atoms with Gasteiger partial charge in [-0.05, 0) is 30.3 Å². The maximum Gasteiger partial charge on any atom is 0.338 e. The van der Waals surface area contributed by atoms with Crippen LogP contribution in [0.15, 0.2) is 47.5 Å². The van der Waals surface area contributed by atoms with E-state index in [0.717, 1.165) is 4.31 Å². The zero-order valence-electron chi connectivity index (χ0n) is 14.0. The third-order valence-electron chi connectivity index (χ3n) is 3.18. The molecule has 8 nitrogen and oxygen atoms in total. The Kier molecular flexibility index (Phi) is 6.30. The Morgan fingerprint density at radius 2 is 1.96 bits per heavy atom. The number of carbonyl (C=O) groups excluding carboxylic acids is 2. The normalized spacial score (nSPS) is 11.2. The number of sulfonamides is 1. The predicted molar refractivity (Wildman–Crippen MR) is 95.5 cm³/mol. The van der Waals surface area contributed by atoms with Crippen LogP contribution in [0, 0.1) is 0 Å². The minimum absolute atomic E-state index is 0.0188. The molecular formula is C16H16ClN3O5S. The maximum absolute atomic E-state index is 12.1. The van der Waals surface area contributed by atoms with E-state index in [9.17, 15) is 18.0 Å². The van der Waals surface area contributed by atoms with Gasteiger partial charge in [0.2, 0.25) is 10.0 Å². The Labute approximate surface area is 155 Å². The number of rotatable bonds is 6. The quantitative estimate of drug-likeness (QED) is 0.745.